The molecule has 0 aliphatic carbocycles. The highest BCUT2D eigenvalue weighted by atomic mass is 79.9. The number of carbonyl (C=O) groups excluding carboxylic acids is 2. The van der Waals surface area contributed by atoms with E-state index in [0.29, 0.717) is 15.9 Å². The van der Waals surface area contributed by atoms with Crippen molar-refractivity contribution in [3.63, 3.8) is 0 Å². The minimum absolute atomic E-state index is 0.0536. The lowest BCUT2D eigenvalue weighted by atomic mass is 10.1. The van der Waals surface area contributed by atoms with Crippen LogP contribution in [0.1, 0.15) is 32.8 Å². The van der Waals surface area contributed by atoms with Crippen molar-refractivity contribution in [2.24, 2.45) is 0 Å². The molecule has 186 valence electrons. The monoisotopic (exact) mass is 553 g/mol. The second kappa shape index (κ2) is 12.2. The third-order valence-corrected chi connectivity index (χ3v) is 7.09. The predicted octanol–water partition coefficient (Wildman–Crippen LogP) is 3.56. The summed E-state index contributed by atoms with van der Waals surface area (Å²) in [6.45, 7) is 5.18. The number of halogens is 1. The lowest BCUT2D eigenvalue weighted by molar-refractivity contribution is -0.139. The number of ether oxygens (including phenoxy) is 1. The van der Waals surface area contributed by atoms with E-state index in [4.69, 9.17) is 4.74 Å². The maximum Gasteiger partial charge on any atom is 0.244 e. The average molecular weight is 555 g/mol. The number of anilines is 1. The Kier molecular flexibility index (Phi) is 9.93. The fourth-order valence-electron chi connectivity index (χ4n) is 3.22. The van der Waals surface area contributed by atoms with Gasteiger partial charge in [-0.3, -0.25) is 13.9 Å². The zero-order valence-electron chi connectivity index (χ0n) is 20.1. The number of sulfonamides is 1. The molecule has 0 bridgehead atoms. The molecule has 2 rings (SSSR count). The smallest absolute Gasteiger partial charge is 0.244 e. The van der Waals surface area contributed by atoms with E-state index in [0.717, 1.165) is 22.5 Å². The maximum atomic E-state index is 13.5. The predicted molar refractivity (Wildman–Crippen MR) is 137 cm³/mol. The Morgan fingerprint density at radius 2 is 1.76 bits per heavy atom. The summed E-state index contributed by atoms with van der Waals surface area (Å²) in [6.07, 6.45) is 1.80. The van der Waals surface area contributed by atoms with Gasteiger partial charge in [-0.05, 0) is 56.2 Å². The molecule has 8 nitrogen and oxygen atoms in total. The molecule has 0 unspecified atom stereocenters. The van der Waals surface area contributed by atoms with Crippen LogP contribution in [-0.2, 0) is 26.2 Å². The number of benzene rings is 2. The highest BCUT2D eigenvalue weighted by Crippen LogP contribution is 2.23. The topological polar surface area (TPSA) is 96.0 Å². The van der Waals surface area contributed by atoms with E-state index in [1.807, 2.05) is 13.8 Å². The van der Waals surface area contributed by atoms with Crippen LogP contribution < -0.4 is 14.4 Å². The lowest BCUT2D eigenvalue weighted by Gasteiger charge is -2.32. The average Bonchev–Trinajstić information content (AvgIpc) is 2.79. The number of nitrogens with zero attached hydrogens (tertiary/aromatic N) is 2. The van der Waals surface area contributed by atoms with Gasteiger partial charge in [0.15, 0.2) is 0 Å². The van der Waals surface area contributed by atoms with Gasteiger partial charge in [-0.15, -0.1) is 0 Å². The molecule has 1 N–H and O–H groups in total. The quantitative estimate of drug-likeness (QED) is 0.459. The molecule has 10 heteroatoms. The fourth-order valence-corrected chi connectivity index (χ4v) is 4.45. The summed E-state index contributed by atoms with van der Waals surface area (Å²) in [5.74, 6) is -0.125. The molecule has 0 saturated carbocycles. The van der Waals surface area contributed by atoms with Gasteiger partial charge < -0.3 is 15.0 Å². The van der Waals surface area contributed by atoms with Crippen LogP contribution in [-0.4, -0.2) is 57.1 Å². The van der Waals surface area contributed by atoms with Crippen LogP contribution in [0.25, 0.3) is 0 Å². The molecule has 0 heterocycles. The third kappa shape index (κ3) is 7.73. The first-order chi connectivity index (χ1) is 16.0. The van der Waals surface area contributed by atoms with Crippen LogP contribution in [0.5, 0.6) is 5.75 Å². The Hall–Kier alpha value is -2.59. The first kappa shape index (κ1) is 27.7. The van der Waals surface area contributed by atoms with Crippen LogP contribution in [0.2, 0.25) is 0 Å². The summed E-state index contributed by atoms with van der Waals surface area (Å²) in [5, 5.41) is 2.90. The Balaban J connectivity index is 2.37. The van der Waals surface area contributed by atoms with E-state index >= 15 is 0 Å². The molecule has 0 saturated heterocycles. The highest BCUT2D eigenvalue weighted by molar-refractivity contribution is 9.10. The van der Waals surface area contributed by atoms with Crippen LogP contribution >= 0.6 is 15.9 Å². The molecule has 34 heavy (non-hydrogen) atoms. The van der Waals surface area contributed by atoms with Gasteiger partial charge in [-0.1, -0.05) is 41.1 Å². The van der Waals surface area contributed by atoms with E-state index in [9.17, 15) is 18.0 Å². The van der Waals surface area contributed by atoms with Crippen molar-refractivity contribution < 1.29 is 22.7 Å². The zero-order chi connectivity index (χ0) is 25.5. The molecule has 2 amide bonds. The van der Waals surface area contributed by atoms with Crippen molar-refractivity contribution >= 4 is 43.5 Å². The number of carbonyl (C=O) groups is 2. The van der Waals surface area contributed by atoms with Gasteiger partial charge in [0.25, 0.3) is 0 Å². The summed E-state index contributed by atoms with van der Waals surface area (Å²) < 4.78 is 32.0. The molecule has 0 radical (unpaired) electrons. The molecule has 0 aliphatic rings. The number of hydrogen-bond acceptors (Lipinski definition) is 5. The minimum atomic E-state index is -3.77. The lowest BCUT2D eigenvalue weighted by Crippen LogP contribution is -2.52. The van der Waals surface area contributed by atoms with Crippen molar-refractivity contribution in [1.29, 1.82) is 0 Å². The maximum absolute atomic E-state index is 13.5. The Morgan fingerprint density at radius 3 is 2.29 bits per heavy atom. The second-order valence-electron chi connectivity index (χ2n) is 8.11. The van der Waals surface area contributed by atoms with Crippen molar-refractivity contribution in [3.05, 3.63) is 58.6 Å². The summed E-state index contributed by atoms with van der Waals surface area (Å²) >= 11 is 3.34. The van der Waals surface area contributed by atoms with Crippen molar-refractivity contribution in [1.82, 2.24) is 10.2 Å². The number of amides is 2. The van der Waals surface area contributed by atoms with Crippen LogP contribution in [0, 0.1) is 0 Å². The Labute approximate surface area is 210 Å². The molecule has 0 spiro atoms. The van der Waals surface area contributed by atoms with Gasteiger partial charge in [-0.25, -0.2) is 8.42 Å². The highest BCUT2D eigenvalue weighted by Gasteiger charge is 2.30. The Bertz CT molecular complexity index is 1090. The molecular weight excluding hydrogens is 522 g/mol. The normalized spacial score (nSPS) is 13.0. The van der Waals surface area contributed by atoms with Crippen molar-refractivity contribution in [2.75, 3.05) is 24.2 Å². The number of hydrogen-bond donors (Lipinski definition) is 1. The van der Waals surface area contributed by atoms with Gasteiger partial charge >= 0.3 is 0 Å². The Morgan fingerprint density at radius 1 is 1.12 bits per heavy atom. The zero-order valence-corrected chi connectivity index (χ0v) is 22.5. The van der Waals surface area contributed by atoms with Crippen LogP contribution in [0.4, 0.5) is 5.69 Å². The van der Waals surface area contributed by atoms with E-state index in [-0.39, 0.29) is 18.5 Å². The number of rotatable bonds is 11. The second-order valence-corrected chi connectivity index (χ2v) is 10.9. The molecule has 2 aromatic carbocycles. The molecule has 0 aromatic heterocycles. The van der Waals surface area contributed by atoms with Crippen LogP contribution in [0.15, 0.2) is 53.0 Å². The molecule has 0 aliphatic heterocycles. The summed E-state index contributed by atoms with van der Waals surface area (Å²) in [5.41, 5.74) is 1.14. The molecule has 2 aromatic rings. The molecule has 2 atom stereocenters. The SMILES string of the molecule is CC[C@H](C)NC(=O)[C@@H](C)N(Cc1ccc(OC)cc1)C(=O)CN(c1cccc(Br)c1)S(C)(=O)=O. The minimum Gasteiger partial charge on any atom is -0.497 e. The van der Waals surface area contributed by atoms with E-state index in [1.165, 1.54) is 4.90 Å². The summed E-state index contributed by atoms with van der Waals surface area (Å²) in [4.78, 5) is 27.8. The van der Waals surface area contributed by atoms with Gasteiger partial charge in [0.1, 0.15) is 18.3 Å². The van der Waals surface area contributed by atoms with E-state index in [2.05, 4.69) is 21.2 Å². The standard InChI is InChI=1S/C24H32BrN3O5S/c1-6-17(2)26-24(30)18(3)27(15-19-10-12-22(33-4)13-11-19)23(29)16-28(34(5,31)32)21-9-7-8-20(25)14-21/h7-14,17-18H,6,15-16H2,1-5H3,(H,26,30)/t17-,18+/m0/s1. The molecule has 0 fully saturated rings. The number of methoxy groups -OCH3 is 1. The van der Waals surface area contributed by atoms with E-state index < -0.39 is 28.5 Å². The fraction of sp³-hybridized carbons (Fsp3) is 0.417. The first-order valence-electron chi connectivity index (χ1n) is 10.9. The van der Waals surface area contributed by atoms with Crippen molar-refractivity contribution in [3.8, 4) is 5.75 Å². The van der Waals surface area contributed by atoms with Gasteiger partial charge in [0, 0.05) is 17.1 Å². The summed E-state index contributed by atoms with van der Waals surface area (Å²) in [7, 11) is -2.20. The third-order valence-electron chi connectivity index (χ3n) is 5.46. The van der Waals surface area contributed by atoms with Crippen molar-refractivity contribution in [2.45, 2.75) is 45.8 Å². The summed E-state index contributed by atoms with van der Waals surface area (Å²) in [6, 6.07) is 13.0. The van der Waals surface area contributed by atoms with Gasteiger partial charge in [-0.2, -0.15) is 0 Å². The van der Waals surface area contributed by atoms with Gasteiger partial charge in [0.2, 0.25) is 21.8 Å². The first-order valence-corrected chi connectivity index (χ1v) is 13.6. The van der Waals surface area contributed by atoms with Crippen LogP contribution in [0.3, 0.4) is 0 Å². The largest absolute Gasteiger partial charge is 0.497 e. The van der Waals surface area contributed by atoms with E-state index in [1.54, 1.807) is 62.6 Å². The number of nitrogens with one attached hydrogen (secondary N) is 1. The van der Waals surface area contributed by atoms with Gasteiger partial charge in [0.05, 0.1) is 19.1 Å². The molecular formula is C24H32BrN3O5S.